The van der Waals surface area contributed by atoms with Crippen molar-refractivity contribution in [1.29, 1.82) is 0 Å². The topological polar surface area (TPSA) is 0 Å². The zero-order chi connectivity index (χ0) is 24.5. The van der Waals surface area contributed by atoms with E-state index in [4.69, 9.17) is 0 Å². The first-order valence-corrected chi connectivity index (χ1v) is 13.0. The predicted molar refractivity (Wildman–Crippen MR) is 152 cm³/mol. The summed E-state index contributed by atoms with van der Waals surface area (Å²) in [4.78, 5) is 0. The van der Waals surface area contributed by atoms with Gasteiger partial charge in [0.25, 0.3) is 0 Å². The monoisotopic (exact) mass is 456 g/mol. The van der Waals surface area contributed by atoms with Crippen molar-refractivity contribution in [3.8, 4) is 22.3 Å². The fourth-order valence-corrected chi connectivity index (χ4v) is 5.96. The van der Waals surface area contributed by atoms with E-state index in [0.717, 1.165) is 19.3 Å². The van der Waals surface area contributed by atoms with Gasteiger partial charge in [-0.3, -0.25) is 0 Å². The molecule has 0 spiro atoms. The van der Waals surface area contributed by atoms with Gasteiger partial charge >= 0.3 is 0 Å². The zero-order valence-corrected chi connectivity index (χ0v) is 21.8. The van der Waals surface area contributed by atoms with Crippen molar-refractivity contribution >= 4 is 6.08 Å². The van der Waals surface area contributed by atoms with Crippen molar-refractivity contribution in [2.24, 2.45) is 0 Å². The summed E-state index contributed by atoms with van der Waals surface area (Å²) in [6.07, 6.45) is 5.83. The maximum absolute atomic E-state index is 2.51. The number of hydrogen-bond acceptors (Lipinski definition) is 0. The molecule has 4 aromatic carbocycles. The standard InChI is InChI=1S/C35H36/c1-6-28(29-10-8-7-9-11-29)20-27-21-34-32(30-16-23(2)14-24(3)17-30)12-13-33(35(34)22-27)31-18-25(4)15-26(5)19-31/h7-19,21,28H,6,20,22H2,1-5H3. The lowest BCUT2D eigenvalue weighted by molar-refractivity contribution is 0.652. The summed E-state index contributed by atoms with van der Waals surface area (Å²) in [5.74, 6) is 0.561. The highest BCUT2D eigenvalue weighted by Gasteiger charge is 2.23. The van der Waals surface area contributed by atoms with Crippen LogP contribution in [0.15, 0.2) is 84.4 Å². The molecule has 0 amide bonds. The second-order valence-corrected chi connectivity index (χ2v) is 10.5. The normalized spacial score (nSPS) is 13.5. The molecule has 35 heavy (non-hydrogen) atoms. The Morgan fingerprint density at radius 3 is 1.77 bits per heavy atom. The van der Waals surface area contributed by atoms with E-state index in [2.05, 4.69) is 120 Å². The Morgan fingerprint density at radius 2 is 1.20 bits per heavy atom. The number of rotatable bonds is 6. The largest absolute Gasteiger partial charge is 0.0648 e. The van der Waals surface area contributed by atoms with E-state index in [1.165, 1.54) is 61.2 Å². The molecule has 0 N–H and O–H groups in total. The fourth-order valence-electron chi connectivity index (χ4n) is 5.96. The molecule has 4 aromatic rings. The molecular weight excluding hydrogens is 420 g/mol. The lowest BCUT2D eigenvalue weighted by Gasteiger charge is -2.17. The average Bonchev–Trinajstić information content (AvgIpc) is 3.25. The van der Waals surface area contributed by atoms with E-state index in [-0.39, 0.29) is 0 Å². The first-order valence-electron chi connectivity index (χ1n) is 13.0. The molecule has 1 aliphatic carbocycles. The molecule has 0 saturated heterocycles. The molecule has 0 heteroatoms. The third kappa shape index (κ3) is 4.89. The van der Waals surface area contributed by atoms with E-state index in [0.29, 0.717) is 5.92 Å². The second kappa shape index (κ2) is 9.70. The molecular formula is C35H36. The molecule has 0 aromatic heterocycles. The highest BCUT2D eigenvalue weighted by molar-refractivity contribution is 5.87. The van der Waals surface area contributed by atoms with Gasteiger partial charge in [-0.1, -0.05) is 120 Å². The van der Waals surface area contributed by atoms with Crippen molar-refractivity contribution < 1.29 is 0 Å². The van der Waals surface area contributed by atoms with Crippen molar-refractivity contribution in [2.75, 3.05) is 0 Å². The van der Waals surface area contributed by atoms with E-state index in [9.17, 15) is 0 Å². The lowest BCUT2D eigenvalue weighted by atomic mass is 9.87. The fraction of sp³-hybridized carbons (Fsp3) is 0.257. The van der Waals surface area contributed by atoms with Gasteiger partial charge < -0.3 is 0 Å². The molecule has 0 saturated carbocycles. The molecule has 0 nitrogen and oxygen atoms in total. The Bertz CT molecular complexity index is 1360. The van der Waals surface area contributed by atoms with Crippen LogP contribution in [0.2, 0.25) is 0 Å². The average molecular weight is 457 g/mol. The maximum Gasteiger partial charge on any atom is -0.00512 e. The molecule has 1 aliphatic rings. The molecule has 0 aliphatic heterocycles. The summed E-state index contributed by atoms with van der Waals surface area (Å²) < 4.78 is 0. The molecule has 1 unspecified atom stereocenters. The van der Waals surface area contributed by atoms with Gasteiger partial charge in [0.05, 0.1) is 0 Å². The summed E-state index contributed by atoms with van der Waals surface area (Å²) >= 11 is 0. The Labute approximate surface area is 211 Å². The zero-order valence-electron chi connectivity index (χ0n) is 21.8. The van der Waals surface area contributed by atoms with Crippen molar-refractivity contribution in [1.82, 2.24) is 0 Å². The SMILES string of the molecule is CCC(CC1=Cc2c(-c3cc(C)cc(C)c3)ccc(-c3cc(C)cc(C)c3)c2C1)c1ccccc1. The number of hydrogen-bond donors (Lipinski definition) is 0. The van der Waals surface area contributed by atoms with Gasteiger partial charge in [0, 0.05) is 0 Å². The number of fused-ring (bicyclic) bond motifs is 1. The van der Waals surface area contributed by atoms with Crippen LogP contribution in [0, 0.1) is 27.7 Å². The molecule has 0 fully saturated rings. The minimum absolute atomic E-state index is 0.561. The molecule has 0 radical (unpaired) electrons. The third-order valence-electron chi connectivity index (χ3n) is 7.45. The molecule has 1 atom stereocenters. The van der Waals surface area contributed by atoms with E-state index >= 15 is 0 Å². The van der Waals surface area contributed by atoms with Crippen molar-refractivity contribution in [2.45, 2.75) is 59.8 Å². The minimum atomic E-state index is 0.561. The van der Waals surface area contributed by atoms with Crippen LogP contribution in [0.25, 0.3) is 28.3 Å². The van der Waals surface area contributed by atoms with Gasteiger partial charge in [0.2, 0.25) is 0 Å². The van der Waals surface area contributed by atoms with Crippen LogP contribution in [0.1, 0.15) is 64.6 Å². The predicted octanol–water partition coefficient (Wildman–Crippen LogP) is 9.78. The van der Waals surface area contributed by atoms with E-state index in [1.54, 1.807) is 5.57 Å². The minimum Gasteiger partial charge on any atom is -0.0648 e. The maximum atomic E-state index is 2.51. The smallest absolute Gasteiger partial charge is 0.00512 e. The molecule has 5 rings (SSSR count). The summed E-state index contributed by atoms with van der Waals surface area (Å²) in [5, 5.41) is 0. The lowest BCUT2D eigenvalue weighted by Crippen LogP contribution is -2.00. The Balaban J connectivity index is 1.61. The summed E-state index contributed by atoms with van der Waals surface area (Å²) in [6.45, 7) is 11.1. The van der Waals surface area contributed by atoms with Crippen LogP contribution in [-0.2, 0) is 6.42 Å². The van der Waals surface area contributed by atoms with Crippen LogP contribution in [0.5, 0.6) is 0 Å². The van der Waals surface area contributed by atoms with Crippen molar-refractivity contribution in [3.05, 3.63) is 123 Å². The second-order valence-electron chi connectivity index (χ2n) is 10.5. The summed E-state index contributed by atoms with van der Waals surface area (Å²) in [7, 11) is 0. The molecule has 0 bridgehead atoms. The van der Waals surface area contributed by atoms with Gasteiger partial charge in [0.1, 0.15) is 0 Å². The quantitative estimate of drug-likeness (QED) is 0.271. The molecule has 0 heterocycles. The number of benzene rings is 4. The van der Waals surface area contributed by atoms with Gasteiger partial charge in [-0.05, 0) is 91.8 Å². The molecule has 176 valence electrons. The van der Waals surface area contributed by atoms with Gasteiger partial charge in [-0.25, -0.2) is 0 Å². The Morgan fingerprint density at radius 1 is 0.657 bits per heavy atom. The van der Waals surface area contributed by atoms with Crippen LogP contribution in [0.4, 0.5) is 0 Å². The van der Waals surface area contributed by atoms with Crippen LogP contribution in [0.3, 0.4) is 0 Å². The Kier molecular flexibility index (Phi) is 6.48. The highest BCUT2D eigenvalue weighted by atomic mass is 14.3. The van der Waals surface area contributed by atoms with Gasteiger partial charge in [-0.2, -0.15) is 0 Å². The number of aryl methyl sites for hydroxylation is 4. The third-order valence-corrected chi connectivity index (χ3v) is 7.45. The first-order chi connectivity index (χ1) is 16.9. The van der Waals surface area contributed by atoms with Crippen LogP contribution in [-0.4, -0.2) is 0 Å². The summed E-state index contributed by atoms with van der Waals surface area (Å²) in [5.41, 5.74) is 16.6. The number of allylic oxidation sites excluding steroid dienone is 1. The van der Waals surface area contributed by atoms with Crippen LogP contribution < -0.4 is 0 Å². The van der Waals surface area contributed by atoms with Gasteiger partial charge in [-0.15, -0.1) is 0 Å². The van der Waals surface area contributed by atoms with Crippen molar-refractivity contribution in [3.63, 3.8) is 0 Å². The van der Waals surface area contributed by atoms with E-state index < -0.39 is 0 Å². The Hall–Kier alpha value is -3.38. The van der Waals surface area contributed by atoms with Crippen LogP contribution >= 0.6 is 0 Å². The van der Waals surface area contributed by atoms with E-state index in [1.807, 2.05) is 0 Å². The van der Waals surface area contributed by atoms with Gasteiger partial charge in [0.15, 0.2) is 0 Å². The summed E-state index contributed by atoms with van der Waals surface area (Å²) in [6, 6.07) is 29.7. The first kappa shape index (κ1) is 23.4. The highest BCUT2D eigenvalue weighted by Crippen LogP contribution is 2.43.